The van der Waals surface area contributed by atoms with Crippen molar-refractivity contribution in [1.82, 2.24) is 34.8 Å². The van der Waals surface area contributed by atoms with Gasteiger partial charge < -0.3 is 49.0 Å². The second-order valence-electron chi connectivity index (χ2n) is 16.9. The summed E-state index contributed by atoms with van der Waals surface area (Å²) in [6, 6.07) is 17.8. The second-order valence-corrected chi connectivity index (χ2v) is 16.9. The van der Waals surface area contributed by atoms with Crippen molar-refractivity contribution >= 4 is 56.5 Å². The largest absolute Gasteiger partial charge is 0.508 e. The van der Waals surface area contributed by atoms with E-state index in [0.717, 1.165) is 75.3 Å². The number of aliphatic hydroxyl groups is 1. The number of rotatable bonds is 9. The van der Waals surface area contributed by atoms with Crippen molar-refractivity contribution in [2.24, 2.45) is 0 Å². The fourth-order valence-corrected chi connectivity index (χ4v) is 9.49. The summed E-state index contributed by atoms with van der Waals surface area (Å²) in [5.74, 6) is 1.22. The van der Waals surface area contributed by atoms with Crippen LogP contribution in [0.15, 0.2) is 76.1 Å². The lowest BCUT2D eigenvalue weighted by Gasteiger charge is -2.31. The molecule has 7 heterocycles. The van der Waals surface area contributed by atoms with E-state index >= 15 is 0 Å². The van der Waals surface area contributed by atoms with Crippen LogP contribution in [0.3, 0.4) is 0 Å². The van der Waals surface area contributed by atoms with Crippen molar-refractivity contribution < 1.29 is 38.4 Å². The molecular formula is C50H48N8O9. The lowest BCUT2D eigenvalue weighted by Crippen LogP contribution is -2.44. The number of aromatic nitrogens is 6. The van der Waals surface area contributed by atoms with Gasteiger partial charge >= 0.3 is 5.97 Å². The third-order valence-corrected chi connectivity index (χ3v) is 13.0. The number of fused-ring (bicyclic) bond motifs is 7. The summed E-state index contributed by atoms with van der Waals surface area (Å²) in [4.78, 5) is 59.5. The van der Waals surface area contributed by atoms with E-state index < -0.39 is 11.6 Å². The quantitative estimate of drug-likeness (QED) is 0.0869. The number of aromatic amines is 1. The number of carbonyl (C=O) groups excluding carboxylic acids is 2. The van der Waals surface area contributed by atoms with Gasteiger partial charge in [0, 0.05) is 47.8 Å². The van der Waals surface area contributed by atoms with Crippen molar-refractivity contribution in [1.29, 1.82) is 0 Å². The van der Waals surface area contributed by atoms with E-state index in [2.05, 4.69) is 20.6 Å². The van der Waals surface area contributed by atoms with Gasteiger partial charge in [-0.25, -0.2) is 14.8 Å². The van der Waals surface area contributed by atoms with Gasteiger partial charge in [0.15, 0.2) is 17.1 Å². The topological polar surface area (TPSA) is 229 Å². The van der Waals surface area contributed by atoms with Crippen molar-refractivity contribution in [3.8, 4) is 39.9 Å². The Balaban J connectivity index is 0.000000162. The molecule has 0 bridgehead atoms. The number of amides is 1. The number of oxazole rings is 1. The molecule has 1 fully saturated rings. The summed E-state index contributed by atoms with van der Waals surface area (Å²) in [6.07, 6.45) is 7.10. The van der Waals surface area contributed by atoms with Gasteiger partial charge in [0.05, 0.1) is 47.2 Å². The number of aromatic hydroxyl groups is 1. The maximum absolute atomic E-state index is 13.2. The SMILES string of the molecule is CCc1c2c(nc3ccc(O)cc13)-c1cc3c(c(=O)n1C2)COC(=O)[C@]3(O)CC.CNC(=O)c1ccc(Nc2nc(OC3CCCC3)c3c(-c4ccc5nc(C)oc5c4)c[nH]c3n2)c(OC)c1. The molecule has 8 aromatic rings. The molecule has 11 rings (SSSR count). The highest BCUT2D eigenvalue weighted by molar-refractivity contribution is 5.99. The third kappa shape index (κ3) is 7.44. The molecule has 5 N–H and O–H groups in total. The van der Waals surface area contributed by atoms with Crippen molar-refractivity contribution in [2.45, 2.75) is 84.2 Å². The monoisotopic (exact) mass is 904 g/mol. The first-order valence-corrected chi connectivity index (χ1v) is 22.3. The van der Waals surface area contributed by atoms with E-state index in [0.29, 0.717) is 75.8 Å². The number of nitrogens with one attached hydrogen (secondary N) is 3. The second kappa shape index (κ2) is 16.9. The maximum atomic E-state index is 13.2. The van der Waals surface area contributed by atoms with Crippen molar-refractivity contribution in [3.63, 3.8) is 0 Å². The number of hydrogen-bond acceptors (Lipinski definition) is 14. The molecule has 1 amide bonds. The number of phenolic OH excluding ortho intramolecular Hbond substituents is 1. The molecule has 1 atom stereocenters. The summed E-state index contributed by atoms with van der Waals surface area (Å²) in [7, 11) is 3.14. The predicted octanol–water partition coefficient (Wildman–Crippen LogP) is 7.86. The molecule has 1 aliphatic carbocycles. The van der Waals surface area contributed by atoms with Gasteiger partial charge in [0.2, 0.25) is 11.8 Å². The lowest BCUT2D eigenvalue weighted by molar-refractivity contribution is -0.172. The Hall–Kier alpha value is -7.79. The number of carbonyl (C=O) groups is 2. The zero-order valence-corrected chi connectivity index (χ0v) is 37.6. The Morgan fingerprint density at radius 1 is 0.985 bits per heavy atom. The van der Waals surface area contributed by atoms with Crippen LogP contribution in [-0.2, 0) is 34.7 Å². The fourth-order valence-electron chi connectivity index (χ4n) is 9.49. The van der Waals surface area contributed by atoms with Crippen LogP contribution in [0.4, 0.5) is 11.6 Å². The van der Waals surface area contributed by atoms with E-state index in [1.165, 1.54) is 0 Å². The van der Waals surface area contributed by atoms with E-state index in [4.69, 9.17) is 33.6 Å². The van der Waals surface area contributed by atoms with Crippen LogP contribution in [0.1, 0.15) is 84.5 Å². The average Bonchev–Trinajstić information content (AvgIpc) is 4.16. The predicted molar refractivity (Wildman–Crippen MR) is 250 cm³/mol. The molecule has 0 unspecified atom stereocenters. The first-order valence-electron chi connectivity index (χ1n) is 22.3. The van der Waals surface area contributed by atoms with Gasteiger partial charge in [-0.2, -0.15) is 9.97 Å². The minimum absolute atomic E-state index is 0.101. The molecule has 0 spiro atoms. The molecular weight excluding hydrogens is 857 g/mol. The zero-order valence-electron chi connectivity index (χ0n) is 37.6. The number of methoxy groups -OCH3 is 1. The molecule has 17 nitrogen and oxygen atoms in total. The minimum atomic E-state index is -1.83. The van der Waals surface area contributed by atoms with E-state index in [9.17, 15) is 24.6 Å². The number of benzene rings is 3. The summed E-state index contributed by atoms with van der Waals surface area (Å²) in [5, 5.41) is 28.4. The highest BCUT2D eigenvalue weighted by atomic mass is 16.6. The molecule has 17 heteroatoms. The number of ether oxygens (including phenoxy) is 3. The molecule has 1 saturated carbocycles. The Bertz CT molecular complexity index is 3370. The number of hydrogen-bond donors (Lipinski definition) is 5. The summed E-state index contributed by atoms with van der Waals surface area (Å²) < 4.78 is 24.5. The molecule has 5 aromatic heterocycles. The Morgan fingerprint density at radius 3 is 2.55 bits per heavy atom. The molecule has 2 aliphatic heterocycles. The van der Waals surface area contributed by atoms with Gasteiger partial charge in [-0.1, -0.05) is 19.9 Å². The first-order chi connectivity index (χ1) is 32.4. The van der Waals surface area contributed by atoms with Gasteiger partial charge in [-0.15, -0.1) is 0 Å². The Kier molecular flexibility index (Phi) is 10.9. The lowest BCUT2D eigenvalue weighted by atomic mass is 9.86. The number of H-pyrrole nitrogens is 1. The number of cyclic esters (lactones) is 1. The number of anilines is 2. The standard InChI is InChI=1S/C28H28N6O4.C22H20N2O5/c1-15-31-21-10-8-16(12-23(21)37-15)19-14-30-25-24(19)27(38-18-6-4-5-7-18)34-28(33-25)32-20-11-9-17(26(35)29-2)13-22(20)36-3;1-3-12-13-7-11(25)5-6-17(13)23-19-14(12)9-24-18(19)8-16-15(20(24)26)10-29-21(27)22(16,28)4-2/h8-14,18H,4-7H2,1-3H3,(H,29,35)(H2,30,32,33,34);5-8,25,28H,3-4,9-10H2,1-2H3/t;22-/m.0/s1. The molecule has 0 radical (unpaired) electrons. The summed E-state index contributed by atoms with van der Waals surface area (Å²) >= 11 is 0. The molecule has 3 aromatic carbocycles. The van der Waals surface area contributed by atoms with Crippen LogP contribution in [0.5, 0.6) is 17.4 Å². The van der Waals surface area contributed by atoms with Gasteiger partial charge in [-0.3, -0.25) is 9.59 Å². The Morgan fingerprint density at radius 2 is 1.79 bits per heavy atom. The van der Waals surface area contributed by atoms with Crippen LogP contribution in [0.2, 0.25) is 0 Å². The molecule has 342 valence electrons. The van der Waals surface area contributed by atoms with Crippen molar-refractivity contribution in [3.05, 3.63) is 111 Å². The molecule has 3 aliphatic rings. The average molecular weight is 905 g/mol. The van der Waals surface area contributed by atoms with Gasteiger partial charge in [-0.05, 0) is 104 Å². The summed E-state index contributed by atoms with van der Waals surface area (Å²) in [6.45, 7) is 5.76. The summed E-state index contributed by atoms with van der Waals surface area (Å²) in [5.41, 5.74) is 7.63. The number of pyridine rings is 2. The molecule has 0 saturated heterocycles. The van der Waals surface area contributed by atoms with Crippen LogP contribution in [-0.4, -0.2) is 71.8 Å². The van der Waals surface area contributed by atoms with Gasteiger partial charge in [0.25, 0.3) is 11.5 Å². The van der Waals surface area contributed by atoms with E-state index in [1.54, 1.807) is 68.1 Å². The number of phenols is 1. The Labute approximate surface area is 383 Å². The zero-order chi connectivity index (χ0) is 46.7. The highest BCUT2D eigenvalue weighted by Gasteiger charge is 2.45. The number of nitrogens with zero attached hydrogens (tertiary/aromatic N) is 5. The minimum Gasteiger partial charge on any atom is -0.508 e. The fraction of sp³-hybridized carbons (Fsp3) is 0.300. The van der Waals surface area contributed by atoms with E-state index in [-0.39, 0.29) is 36.3 Å². The van der Waals surface area contributed by atoms with Crippen LogP contribution in [0.25, 0.3) is 55.6 Å². The number of esters is 1. The van der Waals surface area contributed by atoms with Crippen LogP contribution < -0.4 is 25.7 Å². The van der Waals surface area contributed by atoms with Gasteiger partial charge in [0.1, 0.15) is 35.4 Å². The smallest absolute Gasteiger partial charge is 0.343 e. The van der Waals surface area contributed by atoms with Crippen LogP contribution >= 0.6 is 0 Å². The first kappa shape index (κ1) is 43.1. The molecule has 67 heavy (non-hydrogen) atoms. The highest BCUT2D eigenvalue weighted by Crippen LogP contribution is 2.42. The maximum Gasteiger partial charge on any atom is 0.343 e. The third-order valence-electron chi connectivity index (χ3n) is 13.0. The van der Waals surface area contributed by atoms with E-state index in [1.807, 2.05) is 38.2 Å². The van der Waals surface area contributed by atoms with Crippen molar-refractivity contribution in [2.75, 3.05) is 19.5 Å². The normalized spacial score (nSPS) is 16.3. The number of aryl methyl sites for hydroxylation is 2. The van der Waals surface area contributed by atoms with Crippen LogP contribution in [0, 0.1) is 6.92 Å².